The van der Waals surface area contributed by atoms with E-state index in [2.05, 4.69) is 57.7 Å². The molecule has 0 unspecified atom stereocenters. The van der Waals surface area contributed by atoms with Crippen molar-refractivity contribution in [3.63, 3.8) is 0 Å². The fraction of sp³-hybridized carbons (Fsp3) is 0.154. The van der Waals surface area contributed by atoms with Crippen LogP contribution in [0.3, 0.4) is 0 Å². The Morgan fingerprint density at radius 1 is 0.559 bits per heavy atom. The summed E-state index contributed by atoms with van der Waals surface area (Å²) in [6.45, 7) is 1.62. The van der Waals surface area contributed by atoms with Crippen LogP contribution < -0.4 is 21.3 Å². The lowest BCUT2D eigenvalue weighted by Gasteiger charge is -2.13. The van der Waals surface area contributed by atoms with Crippen LogP contribution in [0.25, 0.3) is 21.5 Å². The minimum absolute atomic E-state index is 0.647. The van der Waals surface area contributed by atoms with Crippen molar-refractivity contribution in [1.82, 2.24) is 10.6 Å². The van der Waals surface area contributed by atoms with Crippen LogP contribution in [-0.4, -0.2) is 34.8 Å². The molecule has 174 valence electrons. The average molecular weight is 523 g/mol. The number of fused-ring (bicyclic) bond motifs is 2. The summed E-state index contributed by atoms with van der Waals surface area (Å²) in [5.41, 5.74) is 2.05. The van der Waals surface area contributed by atoms with Crippen molar-refractivity contribution in [2.75, 3.05) is 35.2 Å². The molecular weight excluding hydrogens is 497 g/mol. The monoisotopic (exact) mass is 522 g/mol. The van der Waals surface area contributed by atoms with E-state index in [4.69, 9.17) is 24.4 Å². The molecule has 0 spiro atoms. The van der Waals surface area contributed by atoms with E-state index in [0.717, 1.165) is 36.0 Å². The lowest BCUT2D eigenvalue weighted by molar-refractivity contribution is 0.990. The van der Waals surface area contributed by atoms with Crippen molar-refractivity contribution >= 4 is 89.2 Å². The van der Waals surface area contributed by atoms with Crippen LogP contribution in [-0.2, 0) is 0 Å². The van der Waals surface area contributed by atoms with Gasteiger partial charge in [-0.05, 0) is 47.3 Å². The van der Waals surface area contributed by atoms with Gasteiger partial charge in [-0.25, -0.2) is 0 Å². The summed E-state index contributed by atoms with van der Waals surface area (Å²) in [4.78, 5) is 0. The van der Waals surface area contributed by atoms with Gasteiger partial charge in [0.05, 0.1) is 0 Å². The Bertz CT molecular complexity index is 1170. The fourth-order valence-corrected chi connectivity index (χ4v) is 5.77. The number of anilines is 2. The molecule has 4 aromatic carbocycles. The molecule has 0 aromatic heterocycles. The van der Waals surface area contributed by atoms with Crippen molar-refractivity contribution < 1.29 is 0 Å². The first-order valence-electron chi connectivity index (χ1n) is 11.0. The van der Waals surface area contributed by atoms with Crippen LogP contribution in [0, 0.1) is 0 Å². The van der Waals surface area contributed by atoms with E-state index in [1.165, 1.54) is 21.5 Å². The van der Waals surface area contributed by atoms with E-state index >= 15 is 0 Å². The van der Waals surface area contributed by atoms with Crippen molar-refractivity contribution in [2.45, 2.75) is 0 Å². The minimum Gasteiger partial charge on any atom is -0.362 e. The van der Waals surface area contributed by atoms with Gasteiger partial charge in [-0.2, -0.15) is 0 Å². The zero-order chi connectivity index (χ0) is 23.6. The number of nitrogens with one attached hydrogen (secondary N) is 4. The number of thiocarbonyl (C=S) groups is 2. The highest BCUT2D eigenvalue weighted by molar-refractivity contribution is 8.76. The van der Waals surface area contributed by atoms with Gasteiger partial charge in [0.2, 0.25) is 0 Å². The highest BCUT2D eigenvalue weighted by Crippen LogP contribution is 2.24. The third-order valence-electron chi connectivity index (χ3n) is 5.10. The summed E-state index contributed by atoms with van der Waals surface area (Å²) in [5.74, 6) is 1.92. The second-order valence-corrected chi connectivity index (χ2v) is 11.0. The van der Waals surface area contributed by atoms with Gasteiger partial charge in [0, 0.05) is 46.7 Å². The molecule has 0 atom stereocenters. The molecule has 4 rings (SSSR count). The summed E-state index contributed by atoms with van der Waals surface area (Å²) in [7, 11) is 3.65. The van der Waals surface area contributed by atoms with Crippen LogP contribution in [0.1, 0.15) is 0 Å². The molecule has 0 amide bonds. The third-order valence-corrected chi connectivity index (χ3v) is 8.00. The molecule has 0 aliphatic carbocycles. The lowest BCUT2D eigenvalue weighted by Crippen LogP contribution is -2.30. The first-order valence-corrected chi connectivity index (χ1v) is 14.3. The Labute approximate surface area is 219 Å². The van der Waals surface area contributed by atoms with Crippen LogP contribution in [0.15, 0.2) is 84.9 Å². The van der Waals surface area contributed by atoms with Gasteiger partial charge in [0.15, 0.2) is 10.2 Å². The molecular formula is C26H26N4S4. The number of hydrogen-bond donors (Lipinski definition) is 4. The van der Waals surface area contributed by atoms with E-state index < -0.39 is 0 Å². The van der Waals surface area contributed by atoms with E-state index in [9.17, 15) is 0 Å². The maximum Gasteiger partial charge on any atom is 0.170 e. The summed E-state index contributed by atoms with van der Waals surface area (Å²) < 4.78 is 0. The van der Waals surface area contributed by atoms with Crippen LogP contribution in [0.5, 0.6) is 0 Å². The number of hydrogen-bond acceptors (Lipinski definition) is 4. The molecule has 4 nitrogen and oxygen atoms in total. The minimum atomic E-state index is 0.647. The predicted molar refractivity (Wildman–Crippen MR) is 161 cm³/mol. The van der Waals surface area contributed by atoms with Gasteiger partial charge in [-0.3, -0.25) is 0 Å². The quantitative estimate of drug-likeness (QED) is 0.111. The van der Waals surface area contributed by atoms with Crippen molar-refractivity contribution in [1.29, 1.82) is 0 Å². The summed E-state index contributed by atoms with van der Waals surface area (Å²) in [6.07, 6.45) is 0. The van der Waals surface area contributed by atoms with E-state index in [1.807, 2.05) is 70.1 Å². The summed E-state index contributed by atoms with van der Waals surface area (Å²) in [6, 6.07) is 29.0. The Morgan fingerprint density at radius 2 is 0.971 bits per heavy atom. The Morgan fingerprint density at radius 3 is 1.44 bits per heavy atom. The number of benzene rings is 4. The summed E-state index contributed by atoms with van der Waals surface area (Å²) >= 11 is 10.9. The molecule has 8 heteroatoms. The Kier molecular flexibility index (Phi) is 9.27. The maximum absolute atomic E-state index is 5.46. The lowest BCUT2D eigenvalue weighted by atomic mass is 10.1. The largest absolute Gasteiger partial charge is 0.362 e. The van der Waals surface area contributed by atoms with Crippen molar-refractivity contribution in [3.05, 3.63) is 84.9 Å². The van der Waals surface area contributed by atoms with Crippen molar-refractivity contribution in [2.24, 2.45) is 0 Å². The van der Waals surface area contributed by atoms with E-state index in [0.29, 0.717) is 10.2 Å². The zero-order valence-electron chi connectivity index (χ0n) is 18.5. The first-order chi connectivity index (χ1) is 16.7. The van der Waals surface area contributed by atoms with Gasteiger partial charge in [0.1, 0.15) is 0 Å². The maximum atomic E-state index is 5.46. The van der Waals surface area contributed by atoms with Crippen LogP contribution >= 0.6 is 46.0 Å². The molecule has 0 fully saturated rings. The molecule has 0 saturated heterocycles. The number of rotatable bonds is 9. The third kappa shape index (κ3) is 6.99. The van der Waals surface area contributed by atoms with E-state index in [-0.39, 0.29) is 0 Å². The SMILES string of the molecule is S=C(NCCSSCCNC(=S)Nc1cccc2ccccc12)Nc1cccc2ccccc12. The van der Waals surface area contributed by atoms with Crippen LogP contribution in [0.2, 0.25) is 0 Å². The normalized spacial score (nSPS) is 10.7. The highest BCUT2D eigenvalue weighted by Gasteiger charge is 2.04. The van der Waals surface area contributed by atoms with Gasteiger partial charge in [-0.15, -0.1) is 0 Å². The molecule has 0 aliphatic rings. The van der Waals surface area contributed by atoms with Gasteiger partial charge < -0.3 is 21.3 Å². The summed E-state index contributed by atoms with van der Waals surface area (Å²) in [5, 5.41) is 19.2. The zero-order valence-corrected chi connectivity index (χ0v) is 21.8. The Balaban J connectivity index is 1.08. The van der Waals surface area contributed by atoms with Gasteiger partial charge in [0.25, 0.3) is 0 Å². The Hall–Kier alpha value is -2.52. The fourth-order valence-electron chi connectivity index (χ4n) is 3.53. The first kappa shape index (κ1) is 24.6. The standard InChI is InChI=1S/C26H26N4S4/c31-25(29-23-13-5-9-19-7-1-3-11-21(19)23)27-15-17-33-34-18-16-28-26(32)30-24-14-6-10-20-8-2-4-12-22(20)24/h1-14H,15-18H2,(H2,27,29,31)(H2,28,30,32). The van der Waals surface area contributed by atoms with E-state index in [1.54, 1.807) is 0 Å². The predicted octanol–water partition coefficient (Wildman–Crippen LogP) is 6.65. The molecule has 4 aromatic rings. The second-order valence-electron chi connectivity index (χ2n) is 7.46. The molecule has 34 heavy (non-hydrogen) atoms. The molecule has 0 radical (unpaired) electrons. The topological polar surface area (TPSA) is 48.1 Å². The molecule has 0 heterocycles. The second kappa shape index (κ2) is 12.8. The molecule has 0 aliphatic heterocycles. The highest BCUT2D eigenvalue weighted by atomic mass is 33.1. The van der Waals surface area contributed by atoms with Gasteiger partial charge >= 0.3 is 0 Å². The van der Waals surface area contributed by atoms with Gasteiger partial charge in [-0.1, -0.05) is 94.4 Å². The molecule has 0 saturated carbocycles. The smallest absolute Gasteiger partial charge is 0.170 e. The van der Waals surface area contributed by atoms with Crippen molar-refractivity contribution in [3.8, 4) is 0 Å². The average Bonchev–Trinajstić information content (AvgIpc) is 2.86. The molecule has 0 bridgehead atoms. The molecule has 4 N–H and O–H groups in total. The van der Waals surface area contributed by atoms with Crippen LogP contribution in [0.4, 0.5) is 11.4 Å².